The molecule has 5 heteroatoms. The average molecular weight is 254 g/mol. The average Bonchev–Trinajstić information content (AvgIpc) is 2.82. The van der Waals surface area contributed by atoms with Crippen LogP contribution in [0.4, 0.5) is 5.69 Å². The van der Waals surface area contributed by atoms with Gasteiger partial charge in [0.2, 0.25) is 0 Å². The van der Waals surface area contributed by atoms with Gasteiger partial charge in [0.1, 0.15) is 5.75 Å². The Bertz CT molecular complexity index is 748. The van der Waals surface area contributed by atoms with Crippen LogP contribution in [-0.2, 0) is 0 Å². The van der Waals surface area contributed by atoms with Crippen LogP contribution in [0.1, 0.15) is 5.56 Å². The van der Waals surface area contributed by atoms with Crippen molar-refractivity contribution in [3.63, 3.8) is 0 Å². The minimum atomic E-state index is 0.712. The number of hydrogen-bond acceptors (Lipinski definition) is 4. The van der Waals surface area contributed by atoms with Crippen molar-refractivity contribution in [3.8, 4) is 17.1 Å². The molecule has 3 rings (SSSR count). The molecule has 0 amide bonds. The van der Waals surface area contributed by atoms with E-state index in [-0.39, 0.29) is 0 Å². The summed E-state index contributed by atoms with van der Waals surface area (Å²) in [5.41, 5.74) is 9.32. The lowest BCUT2D eigenvalue weighted by Gasteiger charge is -2.07. The number of rotatable bonds is 2. The summed E-state index contributed by atoms with van der Waals surface area (Å²) in [7, 11) is 1.64. The molecule has 0 aliphatic heterocycles. The minimum absolute atomic E-state index is 0.712. The summed E-state index contributed by atoms with van der Waals surface area (Å²) in [6, 6.07) is 9.63. The summed E-state index contributed by atoms with van der Waals surface area (Å²) >= 11 is 0. The van der Waals surface area contributed by atoms with Gasteiger partial charge in [-0.1, -0.05) is 12.1 Å². The van der Waals surface area contributed by atoms with E-state index in [4.69, 9.17) is 10.5 Å². The van der Waals surface area contributed by atoms with E-state index in [9.17, 15) is 0 Å². The summed E-state index contributed by atoms with van der Waals surface area (Å²) in [6.07, 6.45) is 1.84. The summed E-state index contributed by atoms with van der Waals surface area (Å²) in [5, 5.41) is 8.41. The van der Waals surface area contributed by atoms with Crippen LogP contribution in [-0.4, -0.2) is 21.7 Å². The molecule has 0 atom stereocenters. The van der Waals surface area contributed by atoms with Crippen molar-refractivity contribution in [3.05, 3.63) is 42.1 Å². The number of ether oxygens (including phenoxy) is 1. The number of pyridine rings is 1. The number of aryl methyl sites for hydroxylation is 1. The Balaban J connectivity index is 2.28. The highest BCUT2D eigenvalue weighted by molar-refractivity contribution is 5.68. The molecule has 3 aromatic rings. The third-order valence-electron chi connectivity index (χ3n) is 3.14. The Morgan fingerprint density at radius 1 is 1.21 bits per heavy atom. The van der Waals surface area contributed by atoms with Crippen molar-refractivity contribution in [2.75, 3.05) is 12.8 Å². The summed E-state index contributed by atoms with van der Waals surface area (Å²) in [6.45, 7) is 1.95. The van der Waals surface area contributed by atoms with E-state index in [2.05, 4.69) is 10.2 Å². The third-order valence-corrected chi connectivity index (χ3v) is 3.14. The fourth-order valence-electron chi connectivity index (χ4n) is 2.06. The minimum Gasteiger partial charge on any atom is -0.496 e. The molecule has 0 aliphatic carbocycles. The predicted octanol–water partition coefficient (Wildman–Crippen LogP) is 2.30. The van der Waals surface area contributed by atoms with Gasteiger partial charge in [-0.15, -0.1) is 10.2 Å². The molecule has 1 aromatic carbocycles. The zero-order valence-corrected chi connectivity index (χ0v) is 10.8. The first-order chi connectivity index (χ1) is 9.20. The standard InChI is InChI=1S/C14H14N4O/c1-9-7-13-16-17-14(18(13)8-11(9)15)10-5-3-4-6-12(10)19-2/h3-8H,15H2,1-2H3. The predicted molar refractivity (Wildman–Crippen MR) is 74.1 cm³/mol. The number of hydrogen-bond donors (Lipinski definition) is 1. The maximum absolute atomic E-state index is 5.95. The largest absolute Gasteiger partial charge is 0.496 e. The highest BCUT2D eigenvalue weighted by atomic mass is 16.5. The van der Waals surface area contributed by atoms with Crippen LogP contribution in [0.5, 0.6) is 5.75 Å². The SMILES string of the molecule is COc1ccccc1-c1nnc2cc(C)c(N)cn12. The fraction of sp³-hybridized carbons (Fsp3) is 0.143. The van der Waals surface area contributed by atoms with Crippen LogP contribution in [0, 0.1) is 6.92 Å². The Labute approximate surface area is 110 Å². The number of aromatic nitrogens is 3. The summed E-state index contributed by atoms with van der Waals surface area (Å²) in [4.78, 5) is 0. The lowest BCUT2D eigenvalue weighted by molar-refractivity contribution is 0.416. The first kappa shape index (κ1) is 11.5. The normalized spacial score (nSPS) is 10.8. The Morgan fingerprint density at radius 2 is 2.00 bits per heavy atom. The topological polar surface area (TPSA) is 65.4 Å². The van der Waals surface area contributed by atoms with E-state index >= 15 is 0 Å². The van der Waals surface area contributed by atoms with E-state index in [0.717, 1.165) is 28.3 Å². The molecule has 2 aromatic heterocycles. The van der Waals surface area contributed by atoms with E-state index in [1.54, 1.807) is 7.11 Å². The monoisotopic (exact) mass is 254 g/mol. The number of methoxy groups -OCH3 is 1. The van der Waals surface area contributed by atoms with Gasteiger partial charge in [0.05, 0.1) is 18.4 Å². The van der Waals surface area contributed by atoms with Crippen molar-refractivity contribution in [2.24, 2.45) is 0 Å². The number of nitrogens with two attached hydrogens (primary N) is 1. The Hall–Kier alpha value is -2.56. The van der Waals surface area contributed by atoms with Crippen molar-refractivity contribution >= 4 is 11.3 Å². The molecule has 0 unspecified atom stereocenters. The molecule has 0 saturated heterocycles. The lowest BCUT2D eigenvalue weighted by Crippen LogP contribution is -1.97. The highest BCUT2D eigenvalue weighted by Gasteiger charge is 2.13. The molecular weight excluding hydrogens is 240 g/mol. The number of benzene rings is 1. The summed E-state index contributed by atoms with van der Waals surface area (Å²) in [5.74, 6) is 1.48. The molecule has 5 nitrogen and oxygen atoms in total. The molecule has 96 valence electrons. The zero-order chi connectivity index (χ0) is 13.4. The Kier molecular flexibility index (Phi) is 2.59. The first-order valence-electron chi connectivity index (χ1n) is 5.95. The van der Waals surface area contributed by atoms with Gasteiger partial charge in [-0.2, -0.15) is 0 Å². The second kappa shape index (κ2) is 4.28. The Morgan fingerprint density at radius 3 is 2.79 bits per heavy atom. The van der Waals surface area contributed by atoms with E-state index in [1.807, 2.05) is 47.9 Å². The molecule has 0 aliphatic rings. The van der Waals surface area contributed by atoms with Gasteiger partial charge < -0.3 is 10.5 Å². The first-order valence-corrected chi connectivity index (χ1v) is 5.95. The number of nitrogen functional groups attached to an aromatic ring is 1. The second-order valence-corrected chi connectivity index (χ2v) is 4.36. The molecule has 0 bridgehead atoms. The van der Waals surface area contributed by atoms with Crippen LogP contribution in [0.25, 0.3) is 17.0 Å². The summed E-state index contributed by atoms with van der Waals surface area (Å²) < 4.78 is 7.23. The molecule has 0 radical (unpaired) electrons. The number of nitrogens with zero attached hydrogens (tertiary/aromatic N) is 3. The number of anilines is 1. The lowest BCUT2D eigenvalue weighted by atomic mass is 10.2. The molecule has 0 saturated carbocycles. The molecule has 19 heavy (non-hydrogen) atoms. The van der Waals surface area contributed by atoms with Crippen molar-refractivity contribution in [1.29, 1.82) is 0 Å². The quantitative estimate of drug-likeness (QED) is 0.762. The van der Waals surface area contributed by atoms with Crippen LogP contribution in [0.15, 0.2) is 36.5 Å². The van der Waals surface area contributed by atoms with Gasteiger partial charge in [-0.05, 0) is 30.7 Å². The van der Waals surface area contributed by atoms with Crippen LogP contribution in [0.3, 0.4) is 0 Å². The van der Waals surface area contributed by atoms with Crippen LogP contribution >= 0.6 is 0 Å². The zero-order valence-electron chi connectivity index (χ0n) is 10.8. The van der Waals surface area contributed by atoms with Gasteiger partial charge in [-0.25, -0.2) is 0 Å². The van der Waals surface area contributed by atoms with Crippen molar-refractivity contribution in [2.45, 2.75) is 6.92 Å². The number of fused-ring (bicyclic) bond motifs is 1. The van der Waals surface area contributed by atoms with Crippen molar-refractivity contribution in [1.82, 2.24) is 14.6 Å². The fourth-order valence-corrected chi connectivity index (χ4v) is 2.06. The number of para-hydroxylation sites is 1. The smallest absolute Gasteiger partial charge is 0.172 e. The molecule has 0 fully saturated rings. The van der Waals surface area contributed by atoms with Gasteiger partial charge in [0.15, 0.2) is 11.5 Å². The van der Waals surface area contributed by atoms with Crippen LogP contribution < -0.4 is 10.5 Å². The van der Waals surface area contributed by atoms with Gasteiger partial charge in [0, 0.05) is 6.20 Å². The van der Waals surface area contributed by atoms with E-state index in [0.29, 0.717) is 5.69 Å². The maximum Gasteiger partial charge on any atom is 0.172 e. The second-order valence-electron chi connectivity index (χ2n) is 4.36. The third kappa shape index (κ3) is 1.79. The van der Waals surface area contributed by atoms with Crippen LogP contribution in [0.2, 0.25) is 0 Å². The van der Waals surface area contributed by atoms with Gasteiger partial charge in [-0.3, -0.25) is 4.40 Å². The molecule has 2 heterocycles. The molecule has 0 spiro atoms. The molecular formula is C14H14N4O. The van der Waals surface area contributed by atoms with E-state index in [1.165, 1.54) is 0 Å². The maximum atomic E-state index is 5.95. The van der Waals surface area contributed by atoms with Gasteiger partial charge >= 0.3 is 0 Å². The van der Waals surface area contributed by atoms with Crippen molar-refractivity contribution < 1.29 is 4.74 Å². The molecule has 2 N–H and O–H groups in total. The highest BCUT2D eigenvalue weighted by Crippen LogP contribution is 2.29. The van der Waals surface area contributed by atoms with Gasteiger partial charge in [0.25, 0.3) is 0 Å². The van der Waals surface area contributed by atoms with E-state index < -0.39 is 0 Å².